The van der Waals surface area contributed by atoms with E-state index < -0.39 is 24.4 Å². The summed E-state index contributed by atoms with van der Waals surface area (Å²) in [6.07, 6.45) is 1.35. The van der Waals surface area contributed by atoms with Gasteiger partial charge in [0.05, 0.1) is 25.2 Å². The van der Waals surface area contributed by atoms with Crippen molar-refractivity contribution in [3.8, 4) is 17.3 Å². The van der Waals surface area contributed by atoms with Crippen molar-refractivity contribution < 1.29 is 26.7 Å². The molecule has 6 rings (SSSR count). The first-order chi connectivity index (χ1) is 21.7. The number of piperidine rings is 1. The van der Waals surface area contributed by atoms with Crippen molar-refractivity contribution in [1.29, 1.82) is 0 Å². The molecule has 1 N–H and O–H groups in total. The summed E-state index contributed by atoms with van der Waals surface area (Å²) < 4.78 is 75.6. The number of halogens is 5. The third-order valence-corrected chi connectivity index (χ3v) is 7.68. The average Bonchev–Trinajstić information content (AvgIpc) is 3.38. The normalized spacial score (nSPS) is 14.6. The summed E-state index contributed by atoms with van der Waals surface area (Å²) in [7, 11) is 0. The van der Waals surface area contributed by atoms with Crippen molar-refractivity contribution >= 4 is 22.5 Å². The predicted molar refractivity (Wildman–Crippen MR) is 157 cm³/mol. The van der Waals surface area contributed by atoms with Gasteiger partial charge in [-0.15, -0.1) is 0 Å². The van der Waals surface area contributed by atoms with Crippen LogP contribution >= 0.6 is 0 Å². The zero-order valence-corrected chi connectivity index (χ0v) is 24.2. The minimum atomic E-state index is -4.26. The second-order valence-corrected chi connectivity index (χ2v) is 10.7. The van der Waals surface area contributed by atoms with E-state index in [1.54, 1.807) is 37.5 Å². The summed E-state index contributed by atoms with van der Waals surface area (Å²) in [5, 5.41) is 8.58. The van der Waals surface area contributed by atoms with Crippen LogP contribution in [0.2, 0.25) is 0 Å². The second-order valence-electron chi connectivity index (χ2n) is 10.7. The molecule has 2 aromatic carbocycles. The van der Waals surface area contributed by atoms with Gasteiger partial charge in [-0.2, -0.15) is 18.3 Å². The van der Waals surface area contributed by atoms with E-state index >= 15 is 0 Å². The Kier molecular flexibility index (Phi) is 8.57. The number of alkyl halides is 3. The molecule has 0 atom stereocenters. The number of nitrogens with one attached hydrogen (secondary N) is 1. The lowest BCUT2D eigenvalue weighted by molar-refractivity contribution is -0.147. The lowest BCUT2D eigenvalue weighted by atomic mass is 9.90. The smallest absolute Gasteiger partial charge is 0.401 e. The molecule has 234 valence electrons. The summed E-state index contributed by atoms with van der Waals surface area (Å²) in [5.74, 6) is -0.321. The molecule has 14 heteroatoms. The topological polar surface area (TPSA) is 93.9 Å². The predicted octanol–water partition coefficient (Wildman–Crippen LogP) is 6.49. The maximum Gasteiger partial charge on any atom is 0.401 e. The number of anilines is 2. The lowest BCUT2D eigenvalue weighted by Crippen LogP contribution is -2.39. The van der Waals surface area contributed by atoms with E-state index in [1.165, 1.54) is 15.9 Å². The molecule has 0 aliphatic carbocycles. The quantitative estimate of drug-likeness (QED) is 0.186. The maximum absolute atomic E-state index is 15.0. The van der Waals surface area contributed by atoms with E-state index in [0.717, 1.165) is 17.7 Å². The highest BCUT2D eigenvalue weighted by molar-refractivity contribution is 5.91. The minimum Gasteiger partial charge on any atom is -0.494 e. The van der Waals surface area contributed by atoms with Gasteiger partial charge in [-0.3, -0.25) is 9.58 Å². The molecule has 0 spiro atoms. The molecule has 5 aromatic rings. The maximum atomic E-state index is 15.0. The van der Waals surface area contributed by atoms with Crippen LogP contribution in [0, 0.1) is 11.6 Å². The van der Waals surface area contributed by atoms with E-state index in [2.05, 4.69) is 20.3 Å². The number of fused-ring (bicyclic) bond motifs is 1. The fourth-order valence-corrected chi connectivity index (χ4v) is 5.59. The molecular weight excluding hydrogens is 595 g/mol. The fourth-order valence-electron chi connectivity index (χ4n) is 5.59. The second kappa shape index (κ2) is 12.7. The van der Waals surface area contributed by atoms with Crippen molar-refractivity contribution in [2.45, 2.75) is 38.4 Å². The summed E-state index contributed by atoms with van der Waals surface area (Å²) in [6.45, 7) is 1.44. The Morgan fingerprint density at radius 3 is 2.47 bits per heavy atom. The van der Waals surface area contributed by atoms with Gasteiger partial charge in [-0.05, 0) is 50.9 Å². The summed E-state index contributed by atoms with van der Waals surface area (Å²) in [6, 6.07) is 11.2. The van der Waals surface area contributed by atoms with Crippen LogP contribution in [0.3, 0.4) is 0 Å². The van der Waals surface area contributed by atoms with Gasteiger partial charge in [0.2, 0.25) is 0 Å². The molecule has 45 heavy (non-hydrogen) atoms. The largest absolute Gasteiger partial charge is 0.494 e. The molecule has 1 aliphatic heterocycles. The number of rotatable bonds is 9. The number of ether oxygens (including phenoxy) is 1. The highest BCUT2D eigenvalue weighted by Crippen LogP contribution is 2.36. The average molecular weight is 625 g/mol. The number of aromatic nitrogens is 6. The summed E-state index contributed by atoms with van der Waals surface area (Å²) in [5.41, 5.74) is 1.59. The van der Waals surface area contributed by atoms with E-state index in [9.17, 15) is 22.0 Å². The van der Waals surface area contributed by atoms with E-state index in [1.807, 2.05) is 12.1 Å². The molecule has 0 saturated carbocycles. The van der Waals surface area contributed by atoms with Crippen molar-refractivity contribution in [2.75, 3.05) is 31.6 Å². The number of hydrogen-bond acceptors (Lipinski definition) is 8. The van der Waals surface area contributed by atoms with Gasteiger partial charge < -0.3 is 10.1 Å². The SMILES string of the molecule is CCOc1cc(F)c(Cn2nc(-c3ncc(C4CCN(CC(F)(F)F)CC4)c(Nc4ccncn4)n3)c3ccccc32)c(F)c1. The highest BCUT2D eigenvalue weighted by Gasteiger charge is 2.33. The zero-order valence-electron chi connectivity index (χ0n) is 24.2. The van der Waals surface area contributed by atoms with E-state index in [-0.39, 0.29) is 49.3 Å². The molecule has 9 nitrogen and oxygen atoms in total. The number of hydrogen-bond donors (Lipinski definition) is 1. The fraction of sp³-hybridized carbons (Fsp3) is 0.323. The Morgan fingerprint density at radius 1 is 1.02 bits per heavy atom. The van der Waals surface area contributed by atoms with Gasteiger partial charge in [0, 0.05) is 41.0 Å². The van der Waals surface area contributed by atoms with Gasteiger partial charge in [0.25, 0.3) is 0 Å². The van der Waals surface area contributed by atoms with Crippen molar-refractivity contribution in [3.05, 3.63) is 83.9 Å². The minimum absolute atomic E-state index is 0.0900. The number of nitrogens with zero attached hydrogens (tertiary/aromatic N) is 7. The van der Waals surface area contributed by atoms with E-state index in [0.29, 0.717) is 41.1 Å². The van der Waals surface area contributed by atoms with Crippen LogP contribution in [-0.2, 0) is 6.54 Å². The van der Waals surface area contributed by atoms with Gasteiger partial charge in [-0.1, -0.05) is 18.2 Å². The first-order valence-corrected chi connectivity index (χ1v) is 14.4. The van der Waals surface area contributed by atoms with Crippen LogP contribution in [0.1, 0.15) is 36.8 Å². The molecule has 0 radical (unpaired) electrons. The van der Waals surface area contributed by atoms with Crippen LogP contribution in [0.4, 0.5) is 33.6 Å². The molecule has 1 aliphatic rings. The Morgan fingerprint density at radius 2 is 1.78 bits per heavy atom. The van der Waals surface area contributed by atoms with Crippen molar-refractivity contribution in [1.82, 2.24) is 34.6 Å². The molecule has 0 unspecified atom stereocenters. The summed E-state index contributed by atoms with van der Waals surface area (Å²) >= 11 is 0. The Balaban J connectivity index is 1.35. The molecule has 3 aromatic heterocycles. The number of benzene rings is 2. The molecule has 4 heterocycles. The molecule has 0 bridgehead atoms. The Hall–Kier alpha value is -4.72. The lowest BCUT2D eigenvalue weighted by Gasteiger charge is -2.33. The van der Waals surface area contributed by atoms with Gasteiger partial charge in [0.15, 0.2) is 5.82 Å². The third-order valence-electron chi connectivity index (χ3n) is 7.68. The first-order valence-electron chi connectivity index (χ1n) is 14.4. The van der Waals surface area contributed by atoms with Gasteiger partial charge in [0.1, 0.15) is 41.0 Å². The van der Waals surface area contributed by atoms with Crippen molar-refractivity contribution in [2.24, 2.45) is 0 Å². The Bertz CT molecular complexity index is 1770. The van der Waals surface area contributed by atoms with E-state index in [4.69, 9.17) is 14.8 Å². The Labute approximate surface area is 255 Å². The van der Waals surface area contributed by atoms with Crippen LogP contribution in [0.15, 0.2) is 61.2 Å². The number of para-hydroxylation sites is 1. The highest BCUT2D eigenvalue weighted by atomic mass is 19.4. The standard InChI is InChI=1S/C31H29F5N8O/c1-2-45-20-13-24(32)23(25(33)14-20)16-44-26-6-4-3-5-21(26)28(42-44)30-38-15-22(29(41-30)40-27-7-10-37-18-39-27)19-8-11-43(12-9-19)17-31(34,35)36/h3-7,10,13-15,18-19H,2,8-9,11-12,16-17H2,1H3,(H,37,38,39,40,41). The molecule has 0 amide bonds. The van der Waals surface area contributed by atoms with Crippen LogP contribution in [0.5, 0.6) is 5.75 Å². The molecule has 1 fully saturated rings. The van der Waals surface area contributed by atoms with Crippen LogP contribution in [0.25, 0.3) is 22.4 Å². The first kappa shape index (κ1) is 30.3. The van der Waals surface area contributed by atoms with Gasteiger partial charge in [-0.25, -0.2) is 28.7 Å². The van der Waals surface area contributed by atoms with Crippen molar-refractivity contribution in [3.63, 3.8) is 0 Å². The van der Waals surface area contributed by atoms with Crippen LogP contribution < -0.4 is 10.1 Å². The molecule has 1 saturated heterocycles. The number of likely N-dealkylation sites (tertiary alicyclic amines) is 1. The third kappa shape index (κ3) is 6.85. The molecular formula is C31H29F5N8O. The summed E-state index contributed by atoms with van der Waals surface area (Å²) in [4.78, 5) is 19.0. The monoisotopic (exact) mass is 624 g/mol. The zero-order chi connectivity index (χ0) is 31.6. The van der Waals surface area contributed by atoms with Crippen LogP contribution in [-0.4, -0.2) is 67.0 Å². The van der Waals surface area contributed by atoms with Gasteiger partial charge >= 0.3 is 6.18 Å².